The molecule has 0 aliphatic carbocycles. The summed E-state index contributed by atoms with van der Waals surface area (Å²) in [5.74, 6) is -0.537. The Bertz CT molecular complexity index is 891. The first-order valence-electron chi connectivity index (χ1n) is 9.73. The summed E-state index contributed by atoms with van der Waals surface area (Å²) in [6.07, 6.45) is 2.59. The smallest absolute Gasteiger partial charge is 0.229 e. The van der Waals surface area contributed by atoms with Crippen molar-refractivity contribution in [3.8, 4) is 0 Å². The van der Waals surface area contributed by atoms with E-state index in [1.165, 1.54) is 12.8 Å². The molecule has 2 fully saturated rings. The second-order valence-corrected chi connectivity index (χ2v) is 8.00. The topological polar surface area (TPSA) is 52.7 Å². The summed E-state index contributed by atoms with van der Waals surface area (Å²) in [6.45, 7) is 4.44. The van der Waals surface area contributed by atoms with Gasteiger partial charge in [0.05, 0.1) is 16.6 Å². The van der Waals surface area contributed by atoms with E-state index in [0.29, 0.717) is 17.3 Å². The number of carbonyl (C=O) groups excluding carboxylic acids is 2. The fourth-order valence-electron chi connectivity index (χ4n) is 3.90. The number of halogens is 1. The van der Waals surface area contributed by atoms with Crippen LogP contribution in [0.4, 0.5) is 17.1 Å². The number of benzene rings is 2. The Morgan fingerprint density at radius 2 is 1.82 bits per heavy atom. The molecule has 2 aromatic rings. The normalized spacial score (nSPS) is 19.4. The number of carbonyl (C=O) groups is 2. The minimum absolute atomic E-state index is 0.0218. The standard InChI is InChI=1S/C22H24ClN3O2/c1-15-4-7-18(8-5-15)26-14-16(12-21(26)27)22(28)24-17-6-9-20(19(23)13-17)25-10-2-3-11-25/h4-9,13,16H,2-3,10-12,14H2,1H3,(H,24,28). The van der Waals surface area contributed by atoms with Gasteiger partial charge in [0.2, 0.25) is 11.8 Å². The number of rotatable bonds is 4. The SMILES string of the molecule is Cc1ccc(N2CC(C(=O)Nc3ccc(N4CCCC4)c(Cl)c3)CC2=O)cc1. The monoisotopic (exact) mass is 397 g/mol. The molecule has 2 aliphatic heterocycles. The first-order chi connectivity index (χ1) is 13.5. The molecule has 4 rings (SSSR count). The molecule has 1 unspecified atom stereocenters. The van der Waals surface area contributed by atoms with Crippen LogP contribution in [0.5, 0.6) is 0 Å². The highest BCUT2D eigenvalue weighted by Crippen LogP contribution is 2.32. The molecule has 2 aliphatic rings. The fraction of sp³-hybridized carbons (Fsp3) is 0.364. The van der Waals surface area contributed by atoms with Gasteiger partial charge >= 0.3 is 0 Å². The van der Waals surface area contributed by atoms with Crippen LogP contribution in [-0.2, 0) is 9.59 Å². The van der Waals surface area contributed by atoms with Crippen LogP contribution in [0.3, 0.4) is 0 Å². The molecule has 2 saturated heterocycles. The first-order valence-corrected chi connectivity index (χ1v) is 10.1. The molecule has 1 N–H and O–H groups in total. The van der Waals surface area contributed by atoms with Crippen molar-refractivity contribution in [3.63, 3.8) is 0 Å². The van der Waals surface area contributed by atoms with Gasteiger partial charge in [-0.15, -0.1) is 0 Å². The van der Waals surface area contributed by atoms with Crippen LogP contribution >= 0.6 is 11.6 Å². The van der Waals surface area contributed by atoms with E-state index >= 15 is 0 Å². The molecule has 2 aromatic carbocycles. The van der Waals surface area contributed by atoms with E-state index in [-0.39, 0.29) is 24.2 Å². The Morgan fingerprint density at radius 1 is 1.11 bits per heavy atom. The largest absolute Gasteiger partial charge is 0.370 e. The molecule has 0 aromatic heterocycles. The maximum absolute atomic E-state index is 12.7. The highest BCUT2D eigenvalue weighted by molar-refractivity contribution is 6.33. The summed E-state index contributed by atoms with van der Waals surface area (Å²) in [7, 11) is 0. The van der Waals surface area contributed by atoms with Gasteiger partial charge in [0.15, 0.2) is 0 Å². The zero-order valence-electron chi connectivity index (χ0n) is 16.0. The van der Waals surface area contributed by atoms with Crippen molar-refractivity contribution >= 4 is 40.5 Å². The molecule has 0 bridgehead atoms. The average molecular weight is 398 g/mol. The van der Waals surface area contributed by atoms with Crippen LogP contribution in [0.25, 0.3) is 0 Å². The van der Waals surface area contributed by atoms with Crippen molar-refractivity contribution < 1.29 is 9.59 Å². The summed E-state index contributed by atoms with van der Waals surface area (Å²) in [6, 6.07) is 13.4. The zero-order chi connectivity index (χ0) is 19.7. The molecule has 2 heterocycles. The van der Waals surface area contributed by atoms with E-state index in [0.717, 1.165) is 30.0 Å². The lowest BCUT2D eigenvalue weighted by molar-refractivity contribution is -0.122. The van der Waals surface area contributed by atoms with Crippen LogP contribution in [0.1, 0.15) is 24.8 Å². The first kappa shape index (κ1) is 18.8. The van der Waals surface area contributed by atoms with Gasteiger partial charge in [-0.1, -0.05) is 29.3 Å². The number of hydrogen-bond donors (Lipinski definition) is 1. The number of nitrogens with zero attached hydrogens (tertiary/aromatic N) is 2. The molecule has 146 valence electrons. The molecule has 28 heavy (non-hydrogen) atoms. The lowest BCUT2D eigenvalue weighted by Gasteiger charge is -2.20. The van der Waals surface area contributed by atoms with Gasteiger partial charge in [0.25, 0.3) is 0 Å². The third kappa shape index (κ3) is 3.85. The van der Waals surface area contributed by atoms with Gasteiger partial charge in [-0.25, -0.2) is 0 Å². The quantitative estimate of drug-likeness (QED) is 0.839. The van der Waals surface area contributed by atoms with Crippen LogP contribution in [0.15, 0.2) is 42.5 Å². The summed E-state index contributed by atoms with van der Waals surface area (Å²) in [5, 5.41) is 3.57. The molecule has 1 atom stereocenters. The van der Waals surface area contributed by atoms with E-state index in [9.17, 15) is 9.59 Å². The fourth-order valence-corrected chi connectivity index (χ4v) is 4.20. The second kappa shape index (κ2) is 7.84. The Balaban J connectivity index is 1.42. The molecule has 5 nitrogen and oxygen atoms in total. The van der Waals surface area contributed by atoms with Gasteiger partial charge in [0, 0.05) is 37.4 Å². The number of nitrogens with one attached hydrogen (secondary N) is 1. The molecule has 0 saturated carbocycles. The van der Waals surface area contributed by atoms with Gasteiger partial charge in [-0.05, 0) is 50.1 Å². The summed E-state index contributed by atoms with van der Waals surface area (Å²) >= 11 is 6.44. The van der Waals surface area contributed by atoms with Crippen LogP contribution < -0.4 is 15.1 Å². The summed E-state index contributed by atoms with van der Waals surface area (Å²) in [4.78, 5) is 29.0. The van der Waals surface area contributed by atoms with Gasteiger partial charge in [0.1, 0.15) is 0 Å². The van der Waals surface area contributed by atoms with E-state index < -0.39 is 0 Å². The third-order valence-electron chi connectivity index (χ3n) is 5.50. The van der Waals surface area contributed by atoms with Crippen molar-refractivity contribution in [1.29, 1.82) is 0 Å². The van der Waals surface area contributed by atoms with Crippen LogP contribution in [0, 0.1) is 12.8 Å². The van der Waals surface area contributed by atoms with Crippen molar-refractivity contribution in [2.75, 3.05) is 34.8 Å². The highest BCUT2D eigenvalue weighted by Gasteiger charge is 2.35. The number of amides is 2. The Morgan fingerprint density at radius 3 is 2.50 bits per heavy atom. The lowest BCUT2D eigenvalue weighted by Crippen LogP contribution is -2.28. The average Bonchev–Trinajstić information content (AvgIpc) is 3.33. The van der Waals surface area contributed by atoms with E-state index in [1.54, 1.807) is 11.0 Å². The van der Waals surface area contributed by atoms with E-state index in [2.05, 4.69) is 10.2 Å². The summed E-state index contributed by atoms with van der Waals surface area (Å²) < 4.78 is 0. The molecule has 6 heteroatoms. The maximum Gasteiger partial charge on any atom is 0.229 e. The van der Waals surface area contributed by atoms with Crippen LogP contribution in [-0.4, -0.2) is 31.4 Å². The number of aryl methyl sites for hydroxylation is 1. The predicted octanol–water partition coefficient (Wildman–Crippen LogP) is 4.24. The molecular weight excluding hydrogens is 374 g/mol. The number of hydrogen-bond acceptors (Lipinski definition) is 3. The van der Waals surface area contributed by atoms with Gasteiger partial charge in [-0.3, -0.25) is 9.59 Å². The van der Waals surface area contributed by atoms with Crippen LogP contribution in [0.2, 0.25) is 5.02 Å². The summed E-state index contributed by atoms with van der Waals surface area (Å²) in [5.41, 5.74) is 3.65. The number of anilines is 3. The maximum atomic E-state index is 12.7. The molecule has 0 radical (unpaired) electrons. The van der Waals surface area contributed by atoms with Crippen molar-refractivity contribution in [2.45, 2.75) is 26.2 Å². The highest BCUT2D eigenvalue weighted by atomic mass is 35.5. The third-order valence-corrected chi connectivity index (χ3v) is 5.81. The van der Waals surface area contributed by atoms with E-state index in [4.69, 9.17) is 11.6 Å². The predicted molar refractivity (Wildman–Crippen MR) is 113 cm³/mol. The van der Waals surface area contributed by atoms with E-state index in [1.807, 2.05) is 43.3 Å². The van der Waals surface area contributed by atoms with Gasteiger partial charge in [-0.2, -0.15) is 0 Å². The lowest BCUT2D eigenvalue weighted by atomic mass is 10.1. The Labute approximate surface area is 170 Å². The molecular formula is C22H24ClN3O2. The van der Waals surface area contributed by atoms with Crippen molar-refractivity contribution in [1.82, 2.24) is 0 Å². The zero-order valence-corrected chi connectivity index (χ0v) is 16.7. The Kier molecular flexibility index (Phi) is 5.27. The molecule has 0 spiro atoms. The minimum Gasteiger partial charge on any atom is -0.370 e. The Hall–Kier alpha value is -2.53. The molecule has 2 amide bonds. The second-order valence-electron chi connectivity index (χ2n) is 7.59. The van der Waals surface area contributed by atoms with Crippen molar-refractivity contribution in [3.05, 3.63) is 53.1 Å². The van der Waals surface area contributed by atoms with Crippen molar-refractivity contribution in [2.24, 2.45) is 5.92 Å². The van der Waals surface area contributed by atoms with Gasteiger partial charge < -0.3 is 15.1 Å². The minimum atomic E-state index is -0.370.